The smallest absolute Gasteiger partial charge is 0.216 e. The average Bonchev–Trinajstić information content (AvgIpc) is 2.98. The Balaban J connectivity index is 1.91. The van der Waals surface area contributed by atoms with Crippen molar-refractivity contribution in [2.24, 2.45) is 5.92 Å². The van der Waals surface area contributed by atoms with Crippen LogP contribution in [0.3, 0.4) is 0 Å². The van der Waals surface area contributed by atoms with Crippen LogP contribution < -0.4 is 28.4 Å². The summed E-state index contributed by atoms with van der Waals surface area (Å²) >= 11 is 0. The monoisotopic (exact) mass is 556 g/mol. The predicted molar refractivity (Wildman–Crippen MR) is 150 cm³/mol. The maximum Gasteiger partial charge on any atom is 0.216 e. The molecule has 0 aromatic heterocycles. The number of hydrogen-bond donors (Lipinski definition) is 0. The van der Waals surface area contributed by atoms with Crippen LogP contribution in [-0.4, -0.2) is 52.1 Å². The molecule has 3 atom stereocenters. The number of fused-ring (bicyclic) bond motifs is 1. The Hall–Kier alpha value is -3.87. The van der Waals surface area contributed by atoms with E-state index in [1.807, 2.05) is 32.0 Å². The molecular formula is C30H40N2O8. The van der Waals surface area contributed by atoms with Crippen LogP contribution in [0.15, 0.2) is 30.3 Å². The molecule has 1 aliphatic rings. The molecule has 2 aromatic carbocycles. The lowest BCUT2D eigenvalue weighted by Crippen LogP contribution is -2.37. The summed E-state index contributed by atoms with van der Waals surface area (Å²) in [6.07, 6.45) is 2.36. The summed E-state index contributed by atoms with van der Waals surface area (Å²) in [6, 6.07) is 10.8. The quantitative estimate of drug-likeness (QED) is 0.193. The second-order valence-corrected chi connectivity index (χ2v) is 9.89. The Labute approximate surface area is 236 Å². The first-order chi connectivity index (χ1) is 19.3. The molecule has 0 aliphatic carbocycles. The third-order valence-corrected chi connectivity index (χ3v) is 7.86. The van der Waals surface area contributed by atoms with E-state index < -0.39 is 17.6 Å². The normalized spacial score (nSPS) is 16.4. The van der Waals surface area contributed by atoms with Crippen molar-refractivity contribution in [3.8, 4) is 40.6 Å². The Kier molecular flexibility index (Phi) is 10.7. The van der Waals surface area contributed by atoms with Gasteiger partial charge in [0.05, 0.1) is 46.3 Å². The summed E-state index contributed by atoms with van der Waals surface area (Å²) < 4.78 is 34.4. The lowest BCUT2D eigenvalue weighted by molar-refractivity contribution is -0.526. The lowest BCUT2D eigenvalue weighted by atomic mass is 9.65. The second-order valence-electron chi connectivity index (χ2n) is 9.89. The molecule has 0 amide bonds. The van der Waals surface area contributed by atoms with E-state index >= 15 is 0 Å². The van der Waals surface area contributed by atoms with Crippen molar-refractivity contribution >= 4 is 0 Å². The molecule has 3 unspecified atom stereocenters. The number of nitriles is 1. The van der Waals surface area contributed by atoms with Crippen molar-refractivity contribution in [3.63, 3.8) is 0 Å². The minimum atomic E-state index is -1.01. The number of methoxy groups -OCH3 is 4. The van der Waals surface area contributed by atoms with Crippen molar-refractivity contribution in [2.45, 2.75) is 69.9 Å². The zero-order valence-electron chi connectivity index (χ0n) is 24.2. The Morgan fingerprint density at radius 3 is 2.25 bits per heavy atom. The van der Waals surface area contributed by atoms with E-state index in [0.29, 0.717) is 52.9 Å². The fourth-order valence-corrected chi connectivity index (χ4v) is 5.82. The minimum absolute atomic E-state index is 0.0464. The Morgan fingerprint density at radius 2 is 1.70 bits per heavy atom. The first-order valence-electron chi connectivity index (χ1n) is 13.6. The van der Waals surface area contributed by atoms with Crippen LogP contribution in [-0.2, 0) is 5.41 Å². The minimum Gasteiger partial charge on any atom is -0.493 e. The fraction of sp³-hybridized carbons (Fsp3) is 0.567. The molecular weight excluding hydrogens is 516 g/mol. The van der Waals surface area contributed by atoms with Gasteiger partial charge in [-0.05, 0) is 37.0 Å². The van der Waals surface area contributed by atoms with Crippen LogP contribution in [0.25, 0.3) is 0 Å². The second kappa shape index (κ2) is 14.0. The van der Waals surface area contributed by atoms with Crippen LogP contribution in [0, 0.1) is 27.4 Å². The molecule has 1 heterocycles. The molecule has 0 fully saturated rings. The van der Waals surface area contributed by atoms with Crippen molar-refractivity contribution in [1.82, 2.24) is 0 Å². The molecule has 0 saturated carbocycles. The number of para-hydroxylation sites is 2. The molecule has 0 saturated heterocycles. The number of benzene rings is 2. The predicted octanol–water partition coefficient (Wildman–Crippen LogP) is 5.96. The number of hydrogen-bond acceptors (Lipinski definition) is 9. The van der Waals surface area contributed by atoms with Crippen LogP contribution in [0.2, 0.25) is 0 Å². The molecule has 0 spiro atoms. The van der Waals surface area contributed by atoms with E-state index in [1.165, 1.54) is 28.4 Å². The van der Waals surface area contributed by atoms with Gasteiger partial charge in [0.15, 0.2) is 23.0 Å². The highest BCUT2D eigenvalue weighted by Gasteiger charge is 2.44. The van der Waals surface area contributed by atoms with Gasteiger partial charge < -0.3 is 28.4 Å². The third-order valence-electron chi connectivity index (χ3n) is 7.86. The molecule has 3 rings (SSSR count). The highest BCUT2D eigenvalue weighted by Crippen LogP contribution is 2.53. The van der Waals surface area contributed by atoms with Crippen molar-refractivity contribution < 1.29 is 33.3 Å². The Bertz CT molecular complexity index is 1190. The van der Waals surface area contributed by atoms with Gasteiger partial charge in [-0.1, -0.05) is 38.8 Å². The van der Waals surface area contributed by atoms with Crippen LogP contribution >= 0.6 is 0 Å². The van der Waals surface area contributed by atoms with Gasteiger partial charge in [-0.15, -0.1) is 0 Å². The van der Waals surface area contributed by atoms with E-state index in [1.54, 1.807) is 12.1 Å². The fourth-order valence-electron chi connectivity index (χ4n) is 5.82. The van der Waals surface area contributed by atoms with Crippen LogP contribution in [0.1, 0.15) is 57.9 Å². The maximum absolute atomic E-state index is 12.1. The van der Waals surface area contributed by atoms with E-state index in [9.17, 15) is 15.4 Å². The molecule has 0 radical (unpaired) electrons. The number of rotatable bonds is 15. The van der Waals surface area contributed by atoms with E-state index in [0.717, 1.165) is 12.8 Å². The van der Waals surface area contributed by atoms with Gasteiger partial charge in [0.25, 0.3) is 0 Å². The summed E-state index contributed by atoms with van der Waals surface area (Å²) in [5.41, 5.74) is -0.384. The number of nitro groups is 1. The van der Waals surface area contributed by atoms with Gasteiger partial charge >= 0.3 is 0 Å². The molecule has 1 aliphatic heterocycles. The molecule has 0 N–H and O–H groups in total. The van der Waals surface area contributed by atoms with Crippen molar-refractivity contribution in [2.75, 3.05) is 35.0 Å². The molecule has 2 aromatic rings. The van der Waals surface area contributed by atoms with Gasteiger partial charge in [0.1, 0.15) is 12.7 Å². The van der Waals surface area contributed by atoms with Gasteiger partial charge in [0.2, 0.25) is 17.5 Å². The zero-order chi connectivity index (χ0) is 29.3. The standard InChI is InChI=1S/C30H40N2O8/c1-7-20(8-2)30(19-31,23-17-26(35-3)28(37-5)29(38-6)27(23)36-4)15-11-12-21(32(33)34)16-22-18-39-24-13-9-10-14-25(24)40-22/h9-10,13-14,17,20-22H,7-8,11-12,15-16,18H2,1-6H3. The molecule has 218 valence electrons. The van der Waals surface area contributed by atoms with Crippen molar-refractivity contribution in [1.29, 1.82) is 5.26 Å². The summed E-state index contributed by atoms with van der Waals surface area (Å²) in [7, 11) is 6.06. The summed E-state index contributed by atoms with van der Waals surface area (Å²) in [4.78, 5) is 11.8. The Morgan fingerprint density at radius 1 is 1.05 bits per heavy atom. The first-order valence-corrected chi connectivity index (χ1v) is 13.6. The first kappa shape index (κ1) is 30.7. The van der Waals surface area contributed by atoms with Gasteiger partial charge in [-0.25, -0.2) is 0 Å². The zero-order valence-corrected chi connectivity index (χ0v) is 24.2. The van der Waals surface area contributed by atoms with E-state index in [2.05, 4.69) is 6.07 Å². The average molecular weight is 557 g/mol. The van der Waals surface area contributed by atoms with Gasteiger partial charge in [-0.3, -0.25) is 10.1 Å². The molecule has 40 heavy (non-hydrogen) atoms. The van der Waals surface area contributed by atoms with Crippen molar-refractivity contribution in [3.05, 3.63) is 46.0 Å². The molecule has 10 heteroatoms. The largest absolute Gasteiger partial charge is 0.493 e. The van der Waals surface area contributed by atoms with Gasteiger partial charge in [0, 0.05) is 16.9 Å². The SMILES string of the molecule is CCC(CC)C(C#N)(CCCC(CC1COc2ccccc2O1)[N+](=O)[O-])c1cc(OC)c(OC)c(OC)c1OC. The maximum atomic E-state index is 12.1. The number of nitrogens with zero attached hydrogens (tertiary/aromatic N) is 2. The highest BCUT2D eigenvalue weighted by molar-refractivity contribution is 5.65. The van der Waals surface area contributed by atoms with E-state index in [4.69, 9.17) is 28.4 Å². The summed E-state index contributed by atoms with van der Waals surface area (Å²) in [6.45, 7) is 4.34. The lowest BCUT2D eigenvalue weighted by Gasteiger charge is -2.36. The topological polar surface area (TPSA) is 122 Å². The number of ether oxygens (including phenoxy) is 6. The molecule has 0 bridgehead atoms. The van der Waals surface area contributed by atoms with Gasteiger partial charge in [-0.2, -0.15) is 5.26 Å². The highest BCUT2D eigenvalue weighted by atomic mass is 16.6. The van der Waals surface area contributed by atoms with E-state index in [-0.39, 0.29) is 30.3 Å². The van der Waals surface area contributed by atoms with Crippen LogP contribution in [0.5, 0.6) is 34.5 Å². The summed E-state index contributed by atoms with van der Waals surface area (Å²) in [5, 5.41) is 22.9. The molecule has 10 nitrogen and oxygen atoms in total. The third kappa shape index (κ3) is 6.14. The van der Waals surface area contributed by atoms with Crippen LogP contribution in [0.4, 0.5) is 0 Å². The summed E-state index contributed by atoms with van der Waals surface area (Å²) in [5.74, 6) is 2.70.